The van der Waals surface area contributed by atoms with Gasteiger partial charge in [0.05, 0.1) is 43.1 Å². The second-order valence-electron chi connectivity index (χ2n) is 15.3. The largest absolute Gasteiger partial charge is 0.497 e. The number of benzene rings is 1. The van der Waals surface area contributed by atoms with Crippen LogP contribution < -0.4 is 9.47 Å². The topological polar surface area (TPSA) is 108 Å². The monoisotopic (exact) mass is 633 g/mol. The highest BCUT2D eigenvalue weighted by molar-refractivity contribution is 5.91. The summed E-state index contributed by atoms with van der Waals surface area (Å²) in [5.74, 6) is 1.17. The van der Waals surface area contributed by atoms with E-state index in [0.717, 1.165) is 49.7 Å². The molecule has 2 aliphatic carbocycles. The maximum Gasteiger partial charge on any atom is 0.306 e. The highest BCUT2D eigenvalue weighted by Gasteiger charge is 2.52. The molecule has 1 aromatic heterocycles. The molecule has 1 aromatic carbocycles. The number of amides is 1. The van der Waals surface area contributed by atoms with E-state index in [0.29, 0.717) is 47.7 Å². The van der Waals surface area contributed by atoms with Crippen LogP contribution in [0.5, 0.6) is 11.6 Å². The summed E-state index contributed by atoms with van der Waals surface area (Å²) in [6.45, 7) is 9.80. The maximum absolute atomic E-state index is 14.5. The third-order valence-electron chi connectivity index (χ3n) is 11.4. The lowest BCUT2D eigenvalue weighted by molar-refractivity contribution is -0.161. The number of carbonyl (C=O) groups excluding carboxylic acids is 3. The number of fused-ring (bicyclic) bond motifs is 9. The fraction of sp³-hybridized carbons (Fsp3) is 0.703. The van der Waals surface area contributed by atoms with Gasteiger partial charge in [-0.3, -0.25) is 14.4 Å². The van der Waals surface area contributed by atoms with Crippen molar-refractivity contribution in [3.05, 3.63) is 23.9 Å². The Morgan fingerprint density at radius 1 is 1.02 bits per heavy atom. The molecule has 2 aliphatic heterocycles. The van der Waals surface area contributed by atoms with E-state index < -0.39 is 23.5 Å². The number of nitrogens with zero attached hydrogens (tertiary/aromatic N) is 3. The van der Waals surface area contributed by atoms with Crippen molar-refractivity contribution in [3.8, 4) is 11.6 Å². The minimum absolute atomic E-state index is 0.00844. The molecule has 2 aromatic rings. The first-order valence-electron chi connectivity index (χ1n) is 17.5. The fourth-order valence-electron chi connectivity index (χ4n) is 8.94. The first-order chi connectivity index (χ1) is 22.0. The van der Waals surface area contributed by atoms with Crippen molar-refractivity contribution in [2.75, 3.05) is 13.7 Å². The van der Waals surface area contributed by atoms with Crippen molar-refractivity contribution in [2.45, 2.75) is 117 Å². The number of rotatable bonds is 3. The second-order valence-corrected chi connectivity index (χ2v) is 15.3. The smallest absolute Gasteiger partial charge is 0.306 e. The molecule has 1 saturated heterocycles. The molecule has 46 heavy (non-hydrogen) atoms. The lowest BCUT2D eigenvalue weighted by Crippen LogP contribution is -2.48. The van der Waals surface area contributed by atoms with Gasteiger partial charge in [0.2, 0.25) is 11.8 Å². The molecular formula is C37H51N3O6. The molecule has 9 heteroatoms. The molecule has 4 bridgehead atoms. The fourth-order valence-corrected chi connectivity index (χ4v) is 8.94. The van der Waals surface area contributed by atoms with Gasteiger partial charge >= 0.3 is 5.97 Å². The summed E-state index contributed by atoms with van der Waals surface area (Å²) in [4.78, 5) is 53.0. The summed E-state index contributed by atoms with van der Waals surface area (Å²) in [5, 5.41) is 0. The highest BCUT2D eigenvalue weighted by atomic mass is 16.5. The Morgan fingerprint density at radius 2 is 1.80 bits per heavy atom. The number of aromatic nitrogens is 2. The Balaban J connectivity index is 1.38. The molecule has 0 N–H and O–H groups in total. The molecule has 6 rings (SSSR count). The minimum atomic E-state index is -0.641. The van der Waals surface area contributed by atoms with Crippen LogP contribution in [0.1, 0.15) is 98.1 Å². The van der Waals surface area contributed by atoms with Gasteiger partial charge in [-0.15, -0.1) is 0 Å². The number of methoxy groups -OCH3 is 1. The number of carbonyl (C=O) groups is 3. The zero-order valence-corrected chi connectivity index (χ0v) is 28.4. The molecule has 2 saturated carbocycles. The summed E-state index contributed by atoms with van der Waals surface area (Å²) >= 11 is 0. The number of hydrogen-bond acceptors (Lipinski definition) is 8. The molecular weight excluding hydrogens is 582 g/mol. The molecule has 8 atom stereocenters. The zero-order valence-electron chi connectivity index (χ0n) is 28.4. The molecule has 250 valence electrons. The Kier molecular flexibility index (Phi) is 9.32. The van der Waals surface area contributed by atoms with Gasteiger partial charge in [-0.2, -0.15) is 0 Å². The Bertz CT molecular complexity index is 1470. The number of ether oxygens (including phenoxy) is 3. The SMILES string of the molecule is CC[C@@H]1[C@@H]2CN(C(=O)[C@H](C(C)(C)C)CC(=O)O[C@@H]3[C@H]4CC[C@H](C4)[C@H]3CCCCCc3nc4ccc(OC)cc4nc3O2)[C@@H]1C(C)=O. The van der Waals surface area contributed by atoms with Gasteiger partial charge in [-0.25, -0.2) is 9.97 Å². The summed E-state index contributed by atoms with van der Waals surface area (Å²) < 4.78 is 18.5. The van der Waals surface area contributed by atoms with Crippen molar-refractivity contribution in [1.29, 1.82) is 0 Å². The minimum Gasteiger partial charge on any atom is -0.497 e. The van der Waals surface area contributed by atoms with E-state index in [2.05, 4.69) is 0 Å². The van der Waals surface area contributed by atoms with Gasteiger partial charge in [0, 0.05) is 12.0 Å². The van der Waals surface area contributed by atoms with Gasteiger partial charge in [0.1, 0.15) is 23.7 Å². The lowest BCUT2D eigenvalue weighted by atomic mass is 9.77. The second kappa shape index (κ2) is 13.1. The predicted molar refractivity (Wildman–Crippen MR) is 174 cm³/mol. The van der Waals surface area contributed by atoms with Crippen LogP contribution in [-0.2, 0) is 25.5 Å². The van der Waals surface area contributed by atoms with Crippen LogP contribution >= 0.6 is 0 Å². The van der Waals surface area contributed by atoms with Gasteiger partial charge in [-0.05, 0) is 87.2 Å². The summed E-state index contributed by atoms with van der Waals surface area (Å²) in [5.41, 5.74) is 1.75. The van der Waals surface area contributed by atoms with E-state index in [4.69, 9.17) is 24.2 Å². The average Bonchev–Trinajstić information content (AvgIpc) is 3.72. The highest BCUT2D eigenvalue weighted by Crippen LogP contribution is 2.52. The third kappa shape index (κ3) is 6.35. The Hall–Kier alpha value is -3.23. The van der Waals surface area contributed by atoms with Crippen molar-refractivity contribution in [2.24, 2.45) is 35.0 Å². The van der Waals surface area contributed by atoms with Gasteiger partial charge in [0.25, 0.3) is 0 Å². The van der Waals surface area contributed by atoms with Crippen molar-refractivity contribution < 1.29 is 28.6 Å². The Morgan fingerprint density at radius 3 is 2.52 bits per heavy atom. The first kappa shape index (κ1) is 32.7. The van der Waals surface area contributed by atoms with Gasteiger partial charge < -0.3 is 19.1 Å². The van der Waals surface area contributed by atoms with Crippen LogP contribution in [-0.4, -0.2) is 64.4 Å². The zero-order chi connectivity index (χ0) is 32.7. The van der Waals surface area contributed by atoms with E-state index in [9.17, 15) is 14.4 Å². The number of hydrogen-bond donors (Lipinski definition) is 0. The molecule has 9 nitrogen and oxygen atoms in total. The number of aryl methyl sites for hydroxylation is 1. The quantitative estimate of drug-likeness (QED) is 0.361. The molecule has 0 radical (unpaired) electrons. The Labute approximate surface area is 273 Å². The molecule has 4 aliphatic rings. The van der Waals surface area contributed by atoms with Crippen LogP contribution in [0.4, 0.5) is 0 Å². The lowest BCUT2D eigenvalue weighted by Gasteiger charge is -2.36. The standard InChI is InChI=1S/C37H51N3O6/c1-7-25-31-20-40(33(25)21(2)41)36(43)27(37(3,4)5)19-32(42)46-34-23-14-13-22(17-23)26(34)11-9-8-10-12-29-35(45-31)39-30-18-24(44-6)15-16-28(30)38-29/h15-16,18,22-23,25-27,31,33-34H,7-14,17,19-20H2,1-6H3/t22-,23+,25-,26-,27-,31+,33-,34-/m1/s1. The number of Topliss-reactive ketones (excluding diaryl/α,β-unsaturated/α-hetero) is 1. The average molecular weight is 634 g/mol. The summed E-state index contributed by atoms with van der Waals surface area (Å²) in [6, 6.07) is 5.03. The van der Waals surface area contributed by atoms with Crippen LogP contribution in [0, 0.1) is 35.0 Å². The summed E-state index contributed by atoms with van der Waals surface area (Å²) in [7, 11) is 1.63. The van der Waals surface area contributed by atoms with Crippen LogP contribution in [0.15, 0.2) is 18.2 Å². The van der Waals surface area contributed by atoms with E-state index >= 15 is 0 Å². The van der Waals surface area contributed by atoms with Crippen LogP contribution in [0.3, 0.4) is 0 Å². The van der Waals surface area contributed by atoms with E-state index in [1.165, 1.54) is 6.42 Å². The first-order valence-corrected chi connectivity index (χ1v) is 17.5. The third-order valence-corrected chi connectivity index (χ3v) is 11.4. The molecule has 3 fully saturated rings. The molecule has 0 spiro atoms. The van der Waals surface area contributed by atoms with Crippen molar-refractivity contribution in [1.82, 2.24) is 14.9 Å². The van der Waals surface area contributed by atoms with E-state index in [-0.39, 0.29) is 42.6 Å². The van der Waals surface area contributed by atoms with E-state index in [1.54, 1.807) is 18.9 Å². The summed E-state index contributed by atoms with van der Waals surface area (Å²) in [6.07, 6.45) is 8.42. The number of esters is 1. The van der Waals surface area contributed by atoms with Gasteiger partial charge in [-0.1, -0.05) is 40.5 Å². The van der Waals surface area contributed by atoms with Gasteiger partial charge in [0.15, 0.2) is 5.78 Å². The van der Waals surface area contributed by atoms with Crippen LogP contribution in [0.2, 0.25) is 0 Å². The maximum atomic E-state index is 14.5. The number of ketones is 1. The van der Waals surface area contributed by atoms with Crippen molar-refractivity contribution >= 4 is 28.7 Å². The molecule has 3 heterocycles. The van der Waals surface area contributed by atoms with Crippen molar-refractivity contribution in [3.63, 3.8) is 0 Å². The van der Waals surface area contributed by atoms with Crippen LogP contribution in [0.25, 0.3) is 11.0 Å². The van der Waals surface area contributed by atoms with E-state index in [1.807, 2.05) is 45.9 Å². The normalized spacial score (nSPS) is 32.3. The molecule has 1 amide bonds. The molecule has 0 unspecified atom stereocenters. The predicted octanol–water partition coefficient (Wildman–Crippen LogP) is 6.34.